The van der Waals surface area contributed by atoms with Gasteiger partial charge in [0, 0.05) is 53.2 Å². The summed E-state index contributed by atoms with van der Waals surface area (Å²) in [6.07, 6.45) is 0. The zero-order valence-corrected chi connectivity index (χ0v) is 30.9. The molecule has 0 N–H and O–H groups in total. The number of thiophene rings is 1. The third-order valence-electron chi connectivity index (χ3n) is 10.5. The van der Waals surface area contributed by atoms with Gasteiger partial charge in [0.05, 0.1) is 0 Å². The van der Waals surface area contributed by atoms with Gasteiger partial charge < -0.3 is 4.42 Å². The summed E-state index contributed by atoms with van der Waals surface area (Å²) < 4.78 is 9.29. The highest BCUT2D eigenvalue weighted by molar-refractivity contribution is 7.25. The molecule has 0 fully saturated rings. The molecule has 8 aromatic carbocycles. The highest BCUT2D eigenvalue weighted by atomic mass is 32.1. The molecule has 0 saturated heterocycles. The Balaban J connectivity index is 1.04. The van der Waals surface area contributed by atoms with Crippen molar-refractivity contribution in [2.75, 3.05) is 0 Å². The Morgan fingerprint density at radius 2 is 0.911 bits per heavy atom. The van der Waals surface area contributed by atoms with E-state index in [1.165, 1.54) is 31.3 Å². The smallest absolute Gasteiger partial charge is 0.164 e. The summed E-state index contributed by atoms with van der Waals surface area (Å²) in [5.41, 5.74) is 11.3. The molecule has 0 radical (unpaired) electrons. The lowest BCUT2D eigenvalue weighted by Crippen LogP contribution is -2.00. The minimum absolute atomic E-state index is 0.622. The number of aromatic nitrogens is 3. The number of nitrogens with zero attached hydrogens (tertiary/aromatic N) is 3. The molecule has 56 heavy (non-hydrogen) atoms. The monoisotopic (exact) mass is 733 g/mol. The van der Waals surface area contributed by atoms with E-state index in [0.29, 0.717) is 17.5 Å². The molecule has 0 spiro atoms. The van der Waals surface area contributed by atoms with Gasteiger partial charge in [-0.2, -0.15) is 0 Å². The second-order valence-corrected chi connectivity index (χ2v) is 15.1. The average molecular weight is 734 g/mol. The van der Waals surface area contributed by atoms with Crippen LogP contribution in [0.2, 0.25) is 0 Å². The number of rotatable bonds is 6. The number of fused-ring (bicyclic) bond motifs is 6. The zero-order valence-electron chi connectivity index (χ0n) is 30.1. The highest BCUT2D eigenvalue weighted by Gasteiger charge is 2.19. The van der Waals surface area contributed by atoms with Gasteiger partial charge in [-0.25, -0.2) is 15.0 Å². The molecular weight excluding hydrogens is 703 g/mol. The summed E-state index contributed by atoms with van der Waals surface area (Å²) in [6.45, 7) is 0. The summed E-state index contributed by atoms with van der Waals surface area (Å²) >= 11 is 1.84. The molecule has 11 rings (SSSR count). The van der Waals surface area contributed by atoms with E-state index in [9.17, 15) is 0 Å². The molecule has 4 nitrogen and oxygen atoms in total. The van der Waals surface area contributed by atoms with Gasteiger partial charge in [-0.1, -0.05) is 152 Å². The number of hydrogen-bond acceptors (Lipinski definition) is 5. The maximum Gasteiger partial charge on any atom is 0.164 e. The first kappa shape index (κ1) is 32.2. The van der Waals surface area contributed by atoms with E-state index in [0.717, 1.165) is 60.9 Å². The molecular formula is C51H31N3OS. The fourth-order valence-electron chi connectivity index (χ4n) is 7.81. The molecule has 0 amide bonds. The summed E-state index contributed by atoms with van der Waals surface area (Å²) in [7, 11) is 0. The van der Waals surface area contributed by atoms with Crippen molar-refractivity contribution in [3.63, 3.8) is 0 Å². The summed E-state index contributed by atoms with van der Waals surface area (Å²) in [5, 5.41) is 4.72. The molecule has 0 saturated carbocycles. The molecule has 5 heteroatoms. The van der Waals surface area contributed by atoms with Crippen LogP contribution in [-0.2, 0) is 0 Å². The van der Waals surface area contributed by atoms with Crippen LogP contribution in [0.5, 0.6) is 0 Å². The van der Waals surface area contributed by atoms with E-state index in [2.05, 4.69) is 121 Å². The third-order valence-corrected chi connectivity index (χ3v) is 11.7. The van der Waals surface area contributed by atoms with Crippen molar-refractivity contribution < 1.29 is 4.42 Å². The topological polar surface area (TPSA) is 51.8 Å². The maximum absolute atomic E-state index is 6.75. The van der Waals surface area contributed by atoms with Gasteiger partial charge in [-0.05, 0) is 64.2 Å². The van der Waals surface area contributed by atoms with Crippen molar-refractivity contribution >= 4 is 53.4 Å². The van der Waals surface area contributed by atoms with Crippen LogP contribution in [0.4, 0.5) is 0 Å². The Hall–Kier alpha value is -7.21. The van der Waals surface area contributed by atoms with Crippen LogP contribution in [-0.4, -0.2) is 15.0 Å². The first-order valence-corrected chi connectivity index (χ1v) is 19.5. The minimum Gasteiger partial charge on any atom is -0.455 e. The maximum atomic E-state index is 6.75. The van der Waals surface area contributed by atoms with Crippen molar-refractivity contribution in [1.29, 1.82) is 0 Å². The van der Waals surface area contributed by atoms with Gasteiger partial charge in [-0.15, -0.1) is 11.3 Å². The minimum atomic E-state index is 0.622. The fraction of sp³-hybridized carbons (Fsp3) is 0. The molecule has 0 aliphatic carbocycles. The highest BCUT2D eigenvalue weighted by Crippen LogP contribution is 2.44. The van der Waals surface area contributed by atoms with Gasteiger partial charge in [0.1, 0.15) is 11.2 Å². The lowest BCUT2D eigenvalue weighted by atomic mass is 9.93. The van der Waals surface area contributed by atoms with E-state index >= 15 is 0 Å². The van der Waals surface area contributed by atoms with E-state index in [1.54, 1.807) is 0 Å². The molecule has 3 heterocycles. The van der Waals surface area contributed by atoms with Gasteiger partial charge >= 0.3 is 0 Å². The second kappa shape index (κ2) is 13.3. The van der Waals surface area contributed by atoms with Gasteiger partial charge in [-0.3, -0.25) is 0 Å². The van der Waals surface area contributed by atoms with Crippen LogP contribution in [0.25, 0.3) is 110 Å². The van der Waals surface area contributed by atoms with Crippen molar-refractivity contribution in [3.05, 3.63) is 188 Å². The Labute approximate surface area is 327 Å². The van der Waals surface area contributed by atoms with E-state index in [-0.39, 0.29) is 0 Å². The zero-order chi connectivity index (χ0) is 37.0. The lowest BCUT2D eigenvalue weighted by molar-refractivity contribution is 0.670. The quantitative estimate of drug-likeness (QED) is 0.171. The summed E-state index contributed by atoms with van der Waals surface area (Å²) in [6, 6.07) is 65.7. The van der Waals surface area contributed by atoms with Crippen LogP contribution >= 0.6 is 11.3 Å². The van der Waals surface area contributed by atoms with Gasteiger partial charge in [0.2, 0.25) is 0 Å². The second-order valence-electron chi connectivity index (χ2n) is 14.0. The van der Waals surface area contributed by atoms with Gasteiger partial charge in [0.25, 0.3) is 0 Å². The molecule has 0 bridgehead atoms. The van der Waals surface area contributed by atoms with E-state index in [4.69, 9.17) is 19.4 Å². The predicted molar refractivity (Wildman–Crippen MR) is 233 cm³/mol. The van der Waals surface area contributed by atoms with Crippen LogP contribution < -0.4 is 0 Å². The SMILES string of the molecule is c1ccc(-c2ccc3sc4cc(-c5ccc(-c6cccc(-c7nc(-c8ccccc8)nc(-c8ccccc8)n7)c6)c6c5oc5ccccc56)ccc4c3c2)cc1. The van der Waals surface area contributed by atoms with E-state index in [1.807, 2.05) is 78.1 Å². The Morgan fingerprint density at radius 1 is 0.339 bits per heavy atom. The first-order valence-electron chi connectivity index (χ1n) is 18.7. The molecule has 0 unspecified atom stereocenters. The number of para-hydroxylation sites is 1. The van der Waals surface area contributed by atoms with Crippen molar-refractivity contribution in [1.82, 2.24) is 15.0 Å². The molecule has 0 aliphatic heterocycles. The van der Waals surface area contributed by atoms with Crippen LogP contribution in [0.1, 0.15) is 0 Å². The first-order chi connectivity index (χ1) is 27.7. The molecule has 0 atom stereocenters. The largest absolute Gasteiger partial charge is 0.455 e. The van der Waals surface area contributed by atoms with Crippen molar-refractivity contribution in [3.8, 4) is 67.5 Å². The van der Waals surface area contributed by atoms with Crippen LogP contribution in [0.3, 0.4) is 0 Å². The number of hydrogen-bond donors (Lipinski definition) is 0. The molecule has 11 aromatic rings. The lowest BCUT2D eigenvalue weighted by Gasteiger charge is -2.11. The standard InChI is InChI=1S/C51H31N3OS/c1-4-13-32(14-5-1)35-24-28-45-43(30-35)41-25-23-37(31-46(41)56-45)40-27-26-39(47-42-21-10-11-22-44(42)55-48(40)47)36-19-12-20-38(29-36)51-53-49(33-15-6-2-7-16-33)52-50(54-51)34-17-8-3-9-18-34/h1-31H. The number of furan rings is 1. The van der Waals surface area contributed by atoms with Crippen molar-refractivity contribution in [2.24, 2.45) is 0 Å². The Morgan fingerprint density at radius 3 is 1.64 bits per heavy atom. The predicted octanol–water partition coefficient (Wildman–Crippen LogP) is 14.1. The normalized spacial score (nSPS) is 11.6. The number of benzene rings is 8. The Bertz CT molecular complexity index is 3180. The Kier molecular flexibility index (Phi) is 7.64. The molecule has 3 aromatic heterocycles. The van der Waals surface area contributed by atoms with Crippen LogP contribution in [0, 0.1) is 0 Å². The molecule has 262 valence electrons. The molecule has 0 aliphatic rings. The average Bonchev–Trinajstić information content (AvgIpc) is 3.85. The fourth-order valence-corrected chi connectivity index (χ4v) is 8.94. The van der Waals surface area contributed by atoms with Crippen molar-refractivity contribution in [2.45, 2.75) is 0 Å². The van der Waals surface area contributed by atoms with E-state index < -0.39 is 0 Å². The summed E-state index contributed by atoms with van der Waals surface area (Å²) in [5.74, 6) is 1.90. The third kappa shape index (κ3) is 5.56. The summed E-state index contributed by atoms with van der Waals surface area (Å²) in [4.78, 5) is 14.9. The van der Waals surface area contributed by atoms with Gasteiger partial charge in [0.15, 0.2) is 17.5 Å². The van der Waals surface area contributed by atoms with Crippen LogP contribution in [0.15, 0.2) is 192 Å².